The molecule has 0 aliphatic carbocycles. The first-order chi connectivity index (χ1) is 11.2. The predicted molar refractivity (Wildman–Crippen MR) is 89.7 cm³/mol. The van der Waals surface area contributed by atoms with E-state index in [1.807, 2.05) is 47.3 Å². The summed E-state index contributed by atoms with van der Waals surface area (Å²) in [6.07, 6.45) is 1.85. The normalized spacial score (nSPS) is 11.1. The molecule has 0 bridgehead atoms. The Kier molecular flexibility index (Phi) is 3.08. The van der Waals surface area contributed by atoms with Gasteiger partial charge in [0.05, 0.1) is 23.8 Å². The molecule has 1 N–H and O–H groups in total. The molecular weight excluding hydrogens is 288 g/mol. The molecule has 23 heavy (non-hydrogen) atoms. The summed E-state index contributed by atoms with van der Waals surface area (Å²) in [6.45, 7) is 0.685. The van der Waals surface area contributed by atoms with E-state index in [0.29, 0.717) is 12.1 Å². The van der Waals surface area contributed by atoms with Gasteiger partial charge < -0.3 is 5.11 Å². The van der Waals surface area contributed by atoms with Crippen molar-refractivity contribution in [2.45, 2.75) is 6.54 Å². The van der Waals surface area contributed by atoms with Gasteiger partial charge >= 0.3 is 5.97 Å². The van der Waals surface area contributed by atoms with Crippen LogP contribution in [0.25, 0.3) is 21.7 Å². The molecule has 1 heterocycles. The van der Waals surface area contributed by atoms with Gasteiger partial charge in [-0.3, -0.25) is 4.68 Å². The van der Waals surface area contributed by atoms with Crippen LogP contribution in [0.3, 0.4) is 0 Å². The van der Waals surface area contributed by atoms with Crippen LogP contribution in [0.5, 0.6) is 0 Å². The Hall–Kier alpha value is -3.14. The van der Waals surface area contributed by atoms with Gasteiger partial charge in [-0.25, -0.2) is 4.79 Å². The number of aromatic carboxylic acids is 1. The first-order valence-electron chi connectivity index (χ1n) is 7.38. The highest BCUT2D eigenvalue weighted by atomic mass is 16.4. The van der Waals surface area contributed by atoms with Crippen LogP contribution in [-0.4, -0.2) is 20.9 Å². The molecule has 0 saturated carbocycles. The van der Waals surface area contributed by atoms with Crippen molar-refractivity contribution >= 4 is 27.6 Å². The second kappa shape index (κ2) is 5.25. The second-order valence-electron chi connectivity index (χ2n) is 5.53. The predicted octanol–water partition coefficient (Wildman–Crippen LogP) is 3.94. The van der Waals surface area contributed by atoms with Crippen LogP contribution in [0.1, 0.15) is 15.9 Å². The van der Waals surface area contributed by atoms with Crippen molar-refractivity contribution in [1.82, 2.24) is 9.78 Å². The zero-order chi connectivity index (χ0) is 15.8. The smallest absolute Gasteiger partial charge is 0.335 e. The minimum absolute atomic E-state index is 0.297. The van der Waals surface area contributed by atoms with Gasteiger partial charge in [0.25, 0.3) is 0 Å². The Labute approximate surface area is 132 Å². The maximum atomic E-state index is 11.1. The van der Waals surface area contributed by atoms with E-state index < -0.39 is 5.97 Å². The Bertz CT molecular complexity index is 1020. The lowest BCUT2D eigenvalue weighted by atomic mass is 10.0. The van der Waals surface area contributed by atoms with E-state index in [1.54, 1.807) is 12.1 Å². The summed E-state index contributed by atoms with van der Waals surface area (Å²) in [6, 6.07) is 19.3. The fourth-order valence-corrected chi connectivity index (χ4v) is 2.92. The zero-order valence-corrected chi connectivity index (χ0v) is 12.3. The molecule has 1 aromatic heterocycles. The fourth-order valence-electron chi connectivity index (χ4n) is 2.92. The maximum Gasteiger partial charge on any atom is 0.335 e. The molecule has 0 aliphatic rings. The number of nitrogens with zero attached hydrogens (tertiary/aromatic N) is 2. The van der Waals surface area contributed by atoms with Crippen LogP contribution in [0.4, 0.5) is 0 Å². The van der Waals surface area contributed by atoms with Crippen LogP contribution in [0.15, 0.2) is 66.9 Å². The molecule has 3 aromatic carbocycles. The average Bonchev–Trinajstić information content (AvgIpc) is 2.98. The summed E-state index contributed by atoms with van der Waals surface area (Å²) in [5.74, 6) is -0.912. The quantitative estimate of drug-likeness (QED) is 0.623. The van der Waals surface area contributed by atoms with E-state index in [9.17, 15) is 4.79 Å². The Morgan fingerprint density at radius 2 is 1.78 bits per heavy atom. The number of aromatic nitrogens is 2. The lowest BCUT2D eigenvalue weighted by molar-refractivity contribution is 0.0697. The number of hydrogen-bond donors (Lipinski definition) is 1. The monoisotopic (exact) mass is 302 g/mol. The number of carboxylic acids is 1. The SMILES string of the molecule is O=C(O)c1ccc2c(ccc3cnn(Cc4ccccc4)c32)c1. The molecule has 0 saturated heterocycles. The van der Waals surface area contributed by atoms with Crippen molar-refractivity contribution in [2.24, 2.45) is 0 Å². The van der Waals surface area contributed by atoms with Crippen LogP contribution < -0.4 is 0 Å². The molecule has 0 fully saturated rings. The molecule has 0 aliphatic heterocycles. The average molecular weight is 302 g/mol. The first kappa shape index (κ1) is 13.5. The Morgan fingerprint density at radius 1 is 1.00 bits per heavy atom. The molecule has 4 rings (SSSR count). The number of rotatable bonds is 3. The van der Waals surface area contributed by atoms with Gasteiger partial charge in [-0.05, 0) is 23.1 Å². The molecule has 0 amide bonds. The van der Waals surface area contributed by atoms with Crippen LogP contribution >= 0.6 is 0 Å². The molecule has 0 atom stereocenters. The third kappa shape index (κ3) is 2.34. The summed E-state index contributed by atoms with van der Waals surface area (Å²) in [5.41, 5.74) is 2.51. The number of carboxylic acid groups (broad SMARTS) is 1. The van der Waals surface area contributed by atoms with E-state index in [1.165, 1.54) is 5.56 Å². The summed E-state index contributed by atoms with van der Waals surface area (Å²) in [4.78, 5) is 11.1. The highest BCUT2D eigenvalue weighted by molar-refractivity contribution is 6.07. The van der Waals surface area contributed by atoms with Gasteiger partial charge in [-0.15, -0.1) is 0 Å². The molecule has 4 nitrogen and oxygen atoms in total. The highest BCUT2D eigenvalue weighted by Crippen LogP contribution is 2.26. The Morgan fingerprint density at radius 3 is 2.57 bits per heavy atom. The van der Waals surface area contributed by atoms with Crippen molar-refractivity contribution < 1.29 is 9.90 Å². The van der Waals surface area contributed by atoms with Crippen LogP contribution in [0, 0.1) is 0 Å². The number of hydrogen-bond acceptors (Lipinski definition) is 2. The minimum Gasteiger partial charge on any atom is -0.478 e. The molecule has 0 spiro atoms. The summed E-state index contributed by atoms with van der Waals surface area (Å²) >= 11 is 0. The minimum atomic E-state index is -0.912. The van der Waals surface area contributed by atoms with Crippen LogP contribution in [0.2, 0.25) is 0 Å². The third-order valence-electron chi connectivity index (χ3n) is 4.04. The van der Waals surface area contributed by atoms with E-state index >= 15 is 0 Å². The molecule has 4 heteroatoms. The van der Waals surface area contributed by atoms with E-state index in [0.717, 1.165) is 21.7 Å². The van der Waals surface area contributed by atoms with Gasteiger partial charge in [0, 0.05) is 10.8 Å². The van der Waals surface area contributed by atoms with Crippen molar-refractivity contribution in [1.29, 1.82) is 0 Å². The van der Waals surface area contributed by atoms with Gasteiger partial charge in [-0.2, -0.15) is 5.10 Å². The van der Waals surface area contributed by atoms with Crippen molar-refractivity contribution in [2.75, 3.05) is 0 Å². The lowest BCUT2D eigenvalue weighted by Gasteiger charge is -2.07. The highest BCUT2D eigenvalue weighted by Gasteiger charge is 2.10. The van der Waals surface area contributed by atoms with Crippen molar-refractivity contribution in [3.8, 4) is 0 Å². The fraction of sp³-hybridized carbons (Fsp3) is 0.0526. The third-order valence-corrected chi connectivity index (χ3v) is 4.04. The van der Waals surface area contributed by atoms with Gasteiger partial charge in [0.2, 0.25) is 0 Å². The molecule has 112 valence electrons. The number of fused-ring (bicyclic) bond motifs is 3. The topological polar surface area (TPSA) is 55.1 Å². The summed E-state index contributed by atoms with van der Waals surface area (Å²) in [7, 11) is 0. The van der Waals surface area contributed by atoms with Crippen molar-refractivity contribution in [3.05, 3.63) is 78.0 Å². The molecule has 4 aromatic rings. The van der Waals surface area contributed by atoms with E-state index in [-0.39, 0.29) is 0 Å². The largest absolute Gasteiger partial charge is 0.478 e. The number of benzene rings is 3. The number of carbonyl (C=O) groups is 1. The molecule has 0 unspecified atom stereocenters. The second-order valence-corrected chi connectivity index (χ2v) is 5.53. The molecular formula is C19H14N2O2. The Balaban J connectivity index is 1.90. The molecule has 0 radical (unpaired) electrons. The first-order valence-corrected chi connectivity index (χ1v) is 7.38. The van der Waals surface area contributed by atoms with E-state index in [4.69, 9.17) is 5.11 Å². The maximum absolute atomic E-state index is 11.1. The summed E-state index contributed by atoms with van der Waals surface area (Å²) in [5, 5.41) is 16.6. The van der Waals surface area contributed by atoms with Crippen LogP contribution in [-0.2, 0) is 6.54 Å². The zero-order valence-electron chi connectivity index (χ0n) is 12.3. The van der Waals surface area contributed by atoms with Gasteiger partial charge in [0.1, 0.15) is 0 Å². The van der Waals surface area contributed by atoms with Crippen molar-refractivity contribution in [3.63, 3.8) is 0 Å². The standard InChI is InChI=1S/C19H14N2O2/c22-19(23)15-8-9-17-14(10-15)6-7-16-11-20-21(18(16)17)12-13-4-2-1-3-5-13/h1-11H,12H2,(H,22,23). The van der Waals surface area contributed by atoms with Gasteiger partial charge in [0.15, 0.2) is 0 Å². The summed E-state index contributed by atoms with van der Waals surface area (Å²) < 4.78 is 1.97. The van der Waals surface area contributed by atoms with Gasteiger partial charge in [-0.1, -0.05) is 48.5 Å². The van der Waals surface area contributed by atoms with E-state index in [2.05, 4.69) is 17.2 Å². The lowest BCUT2D eigenvalue weighted by Crippen LogP contribution is -2.02.